The summed E-state index contributed by atoms with van der Waals surface area (Å²) in [5, 5.41) is 4.57. The number of anilines is 1. The zero-order chi connectivity index (χ0) is 20.3. The van der Waals surface area contributed by atoms with E-state index in [0.29, 0.717) is 17.5 Å². The molecular formula is C19H17F2N3O4. The van der Waals surface area contributed by atoms with Crippen LogP contribution in [0.25, 0.3) is 0 Å². The van der Waals surface area contributed by atoms with Crippen molar-refractivity contribution in [3.8, 4) is 5.75 Å². The molecule has 1 heterocycles. The van der Waals surface area contributed by atoms with E-state index in [4.69, 9.17) is 4.74 Å². The summed E-state index contributed by atoms with van der Waals surface area (Å²) in [4.78, 5) is 38.0. The topological polar surface area (TPSA) is 87.7 Å². The smallest absolute Gasteiger partial charge is 0.310 e. The molecule has 3 amide bonds. The molecule has 0 spiro atoms. The Kier molecular flexibility index (Phi) is 5.53. The van der Waals surface area contributed by atoms with Gasteiger partial charge in [-0.25, -0.2) is 8.78 Å². The standard InChI is InChI=1S/C19H17F2N3O4/c1-24-15-4-2-3-5-16(15)28-10-14(19(24)27)23-18(26)17(25)22-9-11-6-12(20)8-13(21)7-11/h2-8,14H,9-10H2,1H3,(H,22,25)(H,23,26)/t14-/m0/s1. The van der Waals surface area contributed by atoms with E-state index in [-0.39, 0.29) is 18.7 Å². The number of ether oxygens (including phenoxy) is 1. The first-order chi connectivity index (χ1) is 13.3. The second-order valence-corrected chi connectivity index (χ2v) is 6.16. The minimum absolute atomic E-state index is 0.145. The van der Waals surface area contributed by atoms with E-state index in [0.717, 1.165) is 12.1 Å². The maximum absolute atomic E-state index is 13.2. The number of carbonyl (C=O) groups excluding carboxylic acids is 3. The third-order valence-corrected chi connectivity index (χ3v) is 4.15. The van der Waals surface area contributed by atoms with Crippen LogP contribution in [0.2, 0.25) is 0 Å². The number of carbonyl (C=O) groups is 3. The van der Waals surface area contributed by atoms with Gasteiger partial charge in [0.2, 0.25) is 0 Å². The molecule has 28 heavy (non-hydrogen) atoms. The van der Waals surface area contributed by atoms with Crippen LogP contribution >= 0.6 is 0 Å². The van der Waals surface area contributed by atoms with Crippen LogP contribution in [0.15, 0.2) is 42.5 Å². The summed E-state index contributed by atoms with van der Waals surface area (Å²) in [6.07, 6.45) is 0. The second kappa shape index (κ2) is 8.03. The summed E-state index contributed by atoms with van der Waals surface area (Å²) in [6.45, 7) is -0.393. The molecule has 0 unspecified atom stereocenters. The van der Waals surface area contributed by atoms with Crippen molar-refractivity contribution in [1.82, 2.24) is 10.6 Å². The van der Waals surface area contributed by atoms with Gasteiger partial charge in [0.15, 0.2) is 0 Å². The Hall–Kier alpha value is -3.49. The van der Waals surface area contributed by atoms with Gasteiger partial charge in [0.25, 0.3) is 5.91 Å². The summed E-state index contributed by atoms with van der Waals surface area (Å²) in [5.74, 6) is -3.65. The van der Waals surface area contributed by atoms with Crippen molar-refractivity contribution in [2.24, 2.45) is 0 Å². The maximum Gasteiger partial charge on any atom is 0.310 e. The van der Waals surface area contributed by atoms with E-state index < -0.39 is 35.4 Å². The summed E-state index contributed by atoms with van der Waals surface area (Å²) in [7, 11) is 1.54. The highest BCUT2D eigenvalue weighted by Gasteiger charge is 2.31. The average molecular weight is 389 g/mol. The fourth-order valence-corrected chi connectivity index (χ4v) is 2.76. The molecule has 1 atom stereocenters. The number of fused-ring (bicyclic) bond motifs is 1. The number of hydrogen-bond donors (Lipinski definition) is 2. The number of para-hydroxylation sites is 2. The minimum atomic E-state index is -1.07. The Bertz CT molecular complexity index is 915. The molecule has 3 rings (SSSR count). The van der Waals surface area contributed by atoms with Gasteiger partial charge in [0.1, 0.15) is 30.0 Å². The monoisotopic (exact) mass is 389 g/mol. The van der Waals surface area contributed by atoms with E-state index in [1.54, 1.807) is 24.3 Å². The number of hydrogen-bond acceptors (Lipinski definition) is 4. The number of likely N-dealkylation sites (N-methyl/N-ethyl adjacent to an activating group) is 1. The Morgan fingerprint density at radius 1 is 1.14 bits per heavy atom. The molecule has 1 aliphatic rings. The predicted octanol–water partition coefficient (Wildman–Crippen LogP) is 1.12. The molecule has 0 radical (unpaired) electrons. The zero-order valence-electron chi connectivity index (χ0n) is 14.9. The SMILES string of the molecule is CN1C(=O)[C@@H](NC(=O)C(=O)NCc2cc(F)cc(F)c2)COc2ccccc21. The summed E-state index contributed by atoms with van der Waals surface area (Å²) >= 11 is 0. The van der Waals surface area contributed by atoms with Crippen LogP contribution in [-0.2, 0) is 20.9 Å². The van der Waals surface area contributed by atoms with Crippen molar-refractivity contribution >= 4 is 23.4 Å². The lowest BCUT2D eigenvalue weighted by Gasteiger charge is -2.20. The molecule has 7 nitrogen and oxygen atoms in total. The highest BCUT2D eigenvalue weighted by molar-refractivity contribution is 6.35. The average Bonchev–Trinajstić information content (AvgIpc) is 2.78. The van der Waals surface area contributed by atoms with E-state index >= 15 is 0 Å². The maximum atomic E-state index is 13.2. The Balaban J connectivity index is 1.61. The van der Waals surface area contributed by atoms with Gasteiger partial charge in [-0.3, -0.25) is 14.4 Å². The van der Waals surface area contributed by atoms with Gasteiger partial charge in [0, 0.05) is 19.7 Å². The fraction of sp³-hybridized carbons (Fsp3) is 0.211. The largest absolute Gasteiger partial charge is 0.489 e. The van der Waals surface area contributed by atoms with E-state index in [1.165, 1.54) is 11.9 Å². The number of rotatable bonds is 3. The Morgan fingerprint density at radius 3 is 2.54 bits per heavy atom. The summed E-state index contributed by atoms with van der Waals surface area (Å²) in [5.41, 5.74) is 0.699. The summed E-state index contributed by atoms with van der Waals surface area (Å²) < 4.78 is 31.9. The van der Waals surface area contributed by atoms with Gasteiger partial charge in [-0.2, -0.15) is 0 Å². The molecule has 2 aromatic rings. The van der Waals surface area contributed by atoms with Crippen molar-refractivity contribution in [1.29, 1.82) is 0 Å². The Morgan fingerprint density at radius 2 is 1.82 bits per heavy atom. The molecule has 0 bridgehead atoms. The third kappa shape index (κ3) is 4.25. The number of benzene rings is 2. The van der Waals surface area contributed by atoms with Gasteiger partial charge in [-0.1, -0.05) is 12.1 Å². The highest BCUT2D eigenvalue weighted by atomic mass is 19.1. The predicted molar refractivity (Wildman–Crippen MR) is 95.5 cm³/mol. The lowest BCUT2D eigenvalue weighted by atomic mass is 10.2. The van der Waals surface area contributed by atoms with Crippen molar-refractivity contribution in [3.63, 3.8) is 0 Å². The lowest BCUT2D eigenvalue weighted by Crippen LogP contribution is -2.52. The molecule has 146 valence electrons. The summed E-state index contributed by atoms with van der Waals surface area (Å²) in [6, 6.07) is 8.58. The Labute approximate surface area is 159 Å². The van der Waals surface area contributed by atoms with Gasteiger partial charge in [0.05, 0.1) is 5.69 Å². The van der Waals surface area contributed by atoms with E-state index in [9.17, 15) is 23.2 Å². The number of halogens is 2. The molecule has 0 fully saturated rings. The minimum Gasteiger partial charge on any atom is -0.489 e. The van der Waals surface area contributed by atoms with Gasteiger partial charge >= 0.3 is 11.8 Å². The van der Waals surface area contributed by atoms with E-state index in [2.05, 4.69) is 10.6 Å². The van der Waals surface area contributed by atoms with Crippen LogP contribution in [0, 0.1) is 11.6 Å². The van der Waals surface area contributed by atoms with Crippen LogP contribution in [0.5, 0.6) is 5.75 Å². The normalized spacial score (nSPS) is 15.9. The van der Waals surface area contributed by atoms with Crippen LogP contribution in [0.4, 0.5) is 14.5 Å². The van der Waals surface area contributed by atoms with Crippen molar-refractivity contribution in [3.05, 3.63) is 59.7 Å². The van der Waals surface area contributed by atoms with Crippen molar-refractivity contribution in [2.75, 3.05) is 18.6 Å². The first-order valence-electron chi connectivity index (χ1n) is 8.38. The van der Waals surface area contributed by atoms with Crippen molar-refractivity contribution in [2.45, 2.75) is 12.6 Å². The zero-order valence-corrected chi connectivity index (χ0v) is 14.9. The van der Waals surface area contributed by atoms with Crippen LogP contribution < -0.4 is 20.3 Å². The highest BCUT2D eigenvalue weighted by Crippen LogP contribution is 2.29. The van der Waals surface area contributed by atoms with Gasteiger partial charge in [-0.05, 0) is 29.8 Å². The third-order valence-electron chi connectivity index (χ3n) is 4.15. The molecular weight excluding hydrogens is 372 g/mol. The molecule has 9 heteroatoms. The van der Waals surface area contributed by atoms with Gasteiger partial charge < -0.3 is 20.3 Å². The molecule has 0 aromatic heterocycles. The van der Waals surface area contributed by atoms with Crippen LogP contribution in [-0.4, -0.2) is 37.4 Å². The van der Waals surface area contributed by atoms with E-state index in [1.807, 2.05) is 0 Å². The second-order valence-electron chi connectivity index (χ2n) is 6.16. The lowest BCUT2D eigenvalue weighted by molar-refractivity contribution is -0.140. The molecule has 0 saturated heterocycles. The molecule has 1 aliphatic heterocycles. The number of nitrogens with zero attached hydrogens (tertiary/aromatic N) is 1. The number of nitrogens with one attached hydrogen (secondary N) is 2. The molecule has 0 saturated carbocycles. The van der Waals surface area contributed by atoms with Crippen LogP contribution in [0.3, 0.4) is 0 Å². The van der Waals surface area contributed by atoms with Crippen LogP contribution in [0.1, 0.15) is 5.56 Å². The molecule has 0 aliphatic carbocycles. The van der Waals surface area contributed by atoms with Crippen molar-refractivity contribution < 1.29 is 27.9 Å². The first kappa shape index (κ1) is 19.3. The van der Waals surface area contributed by atoms with Gasteiger partial charge in [-0.15, -0.1) is 0 Å². The molecule has 2 N–H and O–H groups in total. The molecule has 2 aromatic carbocycles. The number of amides is 3. The first-order valence-corrected chi connectivity index (χ1v) is 8.38. The quantitative estimate of drug-likeness (QED) is 0.771. The fourth-order valence-electron chi connectivity index (χ4n) is 2.76.